The summed E-state index contributed by atoms with van der Waals surface area (Å²) >= 11 is 6.03. The molecular weight excluding hydrogens is 284 g/mol. The van der Waals surface area contributed by atoms with Crippen molar-refractivity contribution < 1.29 is 0 Å². The van der Waals surface area contributed by atoms with Crippen molar-refractivity contribution in [1.29, 1.82) is 0 Å². The number of imidazole rings is 1. The van der Waals surface area contributed by atoms with Crippen molar-refractivity contribution >= 4 is 11.6 Å². The molecule has 116 valence electrons. The average molecular weight is 309 g/mol. The van der Waals surface area contributed by atoms with Crippen LogP contribution in [0, 0.1) is 0 Å². The molecule has 0 radical (unpaired) electrons. The van der Waals surface area contributed by atoms with Gasteiger partial charge in [-0.05, 0) is 31.0 Å². The Labute approximate surface area is 132 Å². The smallest absolute Gasteiger partial charge is 0.129 e. The highest BCUT2D eigenvalue weighted by Gasteiger charge is 2.12. The van der Waals surface area contributed by atoms with Gasteiger partial charge in [-0.25, -0.2) is 4.98 Å². The normalized spacial score (nSPS) is 12.8. The molecule has 2 aromatic rings. The van der Waals surface area contributed by atoms with Gasteiger partial charge in [0.15, 0.2) is 0 Å². The first kappa shape index (κ1) is 16.1. The molecule has 0 amide bonds. The number of hydrogen-bond donors (Lipinski definition) is 1. The van der Waals surface area contributed by atoms with Crippen LogP contribution in [0.1, 0.15) is 50.5 Å². The van der Waals surface area contributed by atoms with E-state index in [-0.39, 0.29) is 0 Å². The first-order valence-corrected chi connectivity index (χ1v) is 8.08. The molecule has 1 unspecified atom stereocenters. The summed E-state index contributed by atoms with van der Waals surface area (Å²) in [6.07, 6.45) is 9.54. The highest BCUT2D eigenvalue weighted by atomic mass is 35.5. The molecule has 0 fully saturated rings. The van der Waals surface area contributed by atoms with Gasteiger partial charge in [0, 0.05) is 25.5 Å². The van der Waals surface area contributed by atoms with Gasteiger partial charge < -0.3 is 14.5 Å². The van der Waals surface area contributed by atoms with Gasteiger partial charge in [0.25, 0.3) is 0 Å². The Morgan fingerprint density at radius 2 is 2.14 bits per heavy atom. The molecular formula is C16H25ClN4. The summed E-state index contributed by atoms with van der Waals surface area (Å²) in [6, 6.07) is 2.65. The van der Waals surface area contributed by atoms with Crippen molar-refractivity contribution in [3.05, 3.63) is 41.2 Å². The lowest BCUT2D eigenvalue weighted by Gasteiger charge is -2.16. The molecule has 0 aliphatic rings. The van der Waals surface area contributed by atoms with Gasteiger partial charge in [-0.1, -0.05) is 31.9 Å². The molecule has 2 rings (SSSR count). The summed E-state index contributed by atoms with van der Waals surface area (Å²) in [7, 11) is 1.94. The molecule has 1 N–H and O–H groups in total. The Kier molecular flexibility index (Phi) is 5.88. The van der Waals surface area contributed by atoms with Crippen LogP contribution < -0.4 is 5.32 Å². The van der Waals surface area contributed by atoms with E-state index in [1.807, 2.05) is 11.6 Å². The predicted octanol–water partition coefficient (Wildman–Crippen LogP) is 3.76. The number of aromatic nitrogens is 3. The molecule has 0 aliphatic carbocycles. The first-order chi connectivity index (χ1) is 10.2. The number of hydrogen-bond acceptors (Lipinski definition) is 2. The van der Waals surface area contributed by atoms with Crippen LogP contribution in [0.15, 0.2) is 24.7 Å². The zero-order valence-electron chi connectivity index (χ0n) is 13.1. The van der Waals surface area contributed by atoms with Gasteiger partial charge in [-0.2, -0.15) is 0 Å². The van der Waals surface area contributed by atoms with Gasteiger partial charge in [0.05, 0.1) is 12.7 Å². The minimum Gasteiger partial charge on any atom is -0.346 e. The van der Waals surface area contributed by atoms with E-state index in [0.717, 1.165) is 31.8 Å². The van der Waals surface area contributed by atoms with Crippen LogP contribution in [-0.2, 0) is 13.6 Å². The summed E-state index contributed by atoms with van der Waals surface area (Å²) in [6.45, 7) is 6.24. The zero-order chi connectivity index (χ0) is 15.2. The number of halogens is 1. The maximum Gasteiger partial charge on any atom is 0.129 e. The molecule has 2 heterocycles. The highest BCUT2D eigenvalue weighted by molar-refractivity contribution is 6.29. The first-order valence-electron chi connectivity index (χ1n) is 7.70. The van der Waals surface area contributed by atoms with E-state index in [0.29, 0.717) is 11.2 Å². The second kappa shape index (κ2) is 7.66. The van der Waals surface area contributed by atoms with Gasteiger partial charge in [-0.3, -0.25) is 0 Å². The van der Waals surface area contributed by atoms with Crippen molar-refractivity contribution in [1.82, 2.24) is 19.4 Å². The van der Waals surface area contributed by atoms with Gasteiger partial charge in [-0.15, -0.1) is 0 Å². The molecule has 0 bridgehead atoms. The van der Waals surface area contributed by atoms with Crippen LogP contribution in [0.25, 0.3) is 0 Å². The van der Waals surface area contributed by atoms with Gasteiger partial charge in [0.2, 0.25) is 0 Å². The Morgan fingerprint density at radius 3 is 2.76 bits per heavy atom. The van der Waals surface area contributed by atoms with E-state index in [9.17, 15) is 0 Å². The van der Waals surface area contributed by atoms with Crippen LogP contribution in [-0.4, -0.2) is 20.7 Å². The SMILES string of the molecule is CCCNC(CCC)c1ccn(Cc2ncc(Cl)n2C)c1. The fourth-order valence-corrected chi connectivity index (χ4v) is 2.64. The van der Waals surface area contributed by atoms with E-state index in [1.54, 1.807) is 6.20 Å². The number of nitrogens with zero attached hydrogens (tertiary/aromatic N) is 3. The molecule has 4 nitrogen and oxygen atoms in total. The van der Waals surface area contributed by atoms with Crippen LogP contribution >= 0.6 is 11.6 Å². The van der Waals surface area contributed by atoms with Crippen molar-refractivity contribution in [2.24, 2.45) is 7.05 Å². The fraction of sp³-hybridized carbons (Fsp3) is 0.562. The molecule has 1 atom stereocenters. The predicted molar refractivity (Wildman–Crippen MR) is 87.7 cm³/mol. The lowest BCUT2D eigenvalue weighted by Crippen LogP contribution is -2.21. The van der Waals surface area contributed by atoms with Crippen LogP contribution in [0.2, 0.25) is 5.15 Å². The standard InChI is InChI=1S/C16H25ClN4/c1-4-6-14(18-8-5-2)13-7-9-21(11-13)12-16-19-10-15(17)20(16)3/h7,9-11,14,18H,4-6,8,12H2,1-3H3. The molecule has 0 saturated carbocycles. The summed E-state index contributed by atoms with van der Waals surface area (Å²) < 4.78 is 4.09. The minimum absolute atomic E-state index is 0.446. The van der Waals surface area contributed by atoms with E-state index in [4.69, 9.17) is 11.6 Å². The number of rotatable bonds is 8. The van der Waals surface area contributed by atoms with Gasteiger partial charge in [0.1, 0.15) is 11.0 Å². The van der Waals surface area contributed by atoms with Crippen LogP contribution in [0.3, 0.4) is 0 Å². The third-order valence-corrected chi connectivity index (χ3v) is 4.10. The largest absolute Gasteiger partial charge is 0.346 e. The summed E-state index contributed by atoms with van der Waals surface area (Å²) in [5.74, 6) is 0.968. The zero-order valence-corrected chi connectivity index (χ0v) is 13.9. The third kappa shape index (κ3) is 4.11. The van der Waals surface area contributed by atoms with Crippen molar-refractivity contribution in [2.75, 3.05) is 6.54 Å². The van der Waals surface area contributed by atoms with Crippen molar-refractivity contribution in [2.45, 2.75) is 45.7 Å². The molecule has 2 aromatic heterocycles. The summed E-state index contributed by atoms with van der Waals surface area (Å²) in [4.78, 5) is 4.35. The molecule has 0 saturated heterocycles. The number of nitrogens with one attached hydrogen (secondary N) is 1. The monoisotopic (exact) mass is 308 g/mol. The molecule has 0 aliphatic heterocycles. The maximum atomic E-state index is 6.03. The average Bonchev–Trinajstić information content (AvgIpc) is 3.06. The Balaban J connectivity index is 2.07. The maximum absolute atomic E-state index is 6.03. The quantitative estimate of drug-likeness (QED) is 0.805. The molecule has 0 spiro atoms. The molecule has 5 heteroatoms. The second-order valence-corrected chi connectivity index (χ2v) is 5.86. The fourth-order valence-electron chi connectivity index (χ4n) is 2.49. The minimum atomic E-state index is 0.446. The highest BCUT2D eigenvalue weighted by Crippen LogP contribution is 2.20. The van der Waals surface area contributed by atoms with Crippen molar-refractivity contribution in [3.8, 4) is 0 Å². The Morgan fingerprint density at radius 1 is 1.33 bits per heavy atom. The Bertz CT molecular complexity index is 558. The van der Waals surface area contributed by atoms with Gasteiger partial charge >= 0.3 is 0 Å². The summed E-state index contributed by atoms with van der Waals surface area (Å²) in [5.41, 5.74) is 1.35. The van der Waals surface area contributed by atoms with Crippen LogP contribution in [0.5, 0.6) is 0 Å². The topological polar surface area (TPSA) is 34.8 Å². The Hall–Kier alpha value is -1.26. The van der Waals surface area contributed by atoms with E-state index in [2.05, 4.69) is 47.2 Å². The summed E-state index contributed by atoms with van der Waals surface area (Å²) in [5, 5.41) is 4.30. The van der Waals surface area contributed by atoms with E-state index >= 15 is 0 Å². The van der Waals surface area contributed by atoms with E-state index in [1.165, 1.54) is 12.0 Å². The lowest BCUT2D eigenvalue weighted by molar-refractivity contribution is 0.493. The second-order valence-electron chi connectivity index (χ2n) is 5.47. The molecule has 21 heavy (non-hydrogen) atoms. The lowest BCUT2D eigenvalue weighted by atomic mass is 10.1. The molecule has 0 aromatic carbocycles. The third-order valence-electron chi connectivity index (χ3n) is 3.75. The van der Waals surface area contributed by atoms with Crippen LogP contribution in [0.4, 0.5) is 0 Å². The van der Waals surface area contributed by atoms with E-state index < -0.39 is 0 Å². The van der Waals surface area contributed by atoms with Crippen molar-refractivity contribution in [3.63, 3.8) is 0 Å².